The second-order valence-corrected chi connectivity index (χ2v) is 5.28. The van der Waals surface area contributed by atoms with Gasteiger partial charge >= 0.3 is 0 Å². The summed E-state index contributed by atoms with van der Waals surface area (Å²) in [5, 5.41) is 2.98. The summed E-state index contributed by atoms with van der Waals surface area (Å²) in [7, 11) is 3.24. The highest BCUT2D eigenvalue weighted by atomic mass is 16.5. The number of aryl methyl sites for hydroxylation is 1. The summed E-state index contributed by atoms with van der Waals surface area (Å²) in [6.07, 6.45) is 2.96. The normalized spacial score (nSPS) is 19.1. The number of hydrogen-bond acceptors (Lipinski definition) is 3. The van der Waals surface area contributed by atoms with Crippen LogP contribution in [0.15, 0.2) is 18.2 Å². The Morgan fingerprint density at radius 3 is 2.95 bits per heavy atom. The lowest BCUT2D eigenvalue weighted by Gasteiger charge is -2.26. The number of rotatable bonds is 5. The Morgan fingerprint density at radius 2 is 2.25 bits per heavy atom. The van der Waals surface area contributed by atoms with Gasteiger partial charge in [0.25, 0.3) is 0 Å². The van der Waals surface area contributed by atoms with Gasteiger partial charge in [0, 0.05) is 19.6 Å². The monoisotopic (exact) mass is 277 g/mol. The fraction of sp³-hybridized carbons (Fsp3) is 0.562. The maximum atomic E-state index is 11.8. The van der Waals surface area contributed by atoms with Crippen molar-refractivity contribution in [3.8, 4) is 5.75 Å². The lowest BCUT2D eigenvalue weighted by atomic mass is 9.82. The molecular weight excluding hydrogens is 254 g/mol. The average molecular weight is 277 g/mol. The molecule has 2 rings (SSSR count). The van der Waals surface area contributed by atoms with Crippen LogP contribution >= 0.6 is 0 Å². The van der Waals surface area contributed by atoms with Crippen molar-refractivity contribution in [2.45, 2.75) is 38.2 Å². The van der Waals surface area contributed by atoms with Gasteiger partial charge in [-0.2, -0.15) is 0 Å². The van der Waals surface area contributed by atoms with Crippen molar-refractivity contribution in [3.05, 3.63) is 29.3 Å². The van der Waals surface area contributed by atoms with Crippen LogP contribution in [0.2, 0.25) is 0 Å². The van der Waals surface area contributed by atoms with Gasteiger partial charge in [-0.05, 0) is 49.4 Å². The number of benzene rings is 1. The molecule has 0 unspecified atom stereocenters. The van der Waals surface area contributed by atoms with E-state index in [4.69, 9.17) is 9.47 Å². The molecule has 1 aromatic rings. The molecule has 2 atom stereocenters. The first-order chi connectivity index (χ1) is 9.65. The van der Waals surface area contributed by atoms with Gasteiger partial charge in [-0.1, -0.05) is 6.07 Å². The first kappa shape index (κ1) is 14.9. The quantitative estimate of drug-likeness (QED) is 0.898. The van der Waals surface area contributed by atoms with Crippen molar-refractivity contribution in [3.63, 3.8) is 0 Å². The van der Waals surface area contributed by atoms with Crippen molar-refractivity contribution < 1.29 is 14.3 Å². The predicted octanol–water partition coefficient (Wildman–Crippen LogP) is 2.27. The van der Waals surface area contributed by atoms with Gasteiger partial charge in [0.15, 0.2) is 0 Å². The molecule has 20 heavy (non-hydrogen) atoms. The molecule has 0 fully saturated rings. The summed E-state index contributed by atoms with van der Waals surface area (Å²) in [6.45, 7) is 2.43. The van der Waals surface area contributed by atoms with Crippen LogP contribution in [0.25, 0.3) is 0 Å². The van der Waals surface area contributed by atoms with E-state index < -0.39 is 6.10 Å². The van der Waals surface area contributed by atoms with Crippen molar-refractivity contribution >= 4 is 5.91 Å². The molecule has 0 bridgehead atoms. The summed E-state index contributed by atoms with van der Waals surface area (Å²) < 4.78 is 10.3. The second-order valence-electron chi connectivity index (χ2n) is 5.28. The Hall–Kier alpha value is -1.55. The van der Waals surface area contributed by atoms with E-state index in [2.05, 4.69) is 17.4 Å². The van der Waals surface area contributed by atoms with E-state index in [1.54, 1.807) is 21.1 Å². The van der Waals surface area contributed by atoms with E-state index in [9.17, 15) is 4.79 Å². The third-order valence-corrected chi connectivity index (χ3v) is 4.03. The van der Waals surface area contributed by atoms with Gasteiger partial charge < -0.3 is 14.8 Å². The summed E-state index contributed by atoms with van der Waals surface area (Å²) in [4.78, 5) is 11.8. The number of fused-ring (bicyclic) bond motifs is 1. The molecule has 1 amide bonds. The number of hydrogen-bond donors (Lipinski definition) is 1. The molecule has 1 N–H and O–H groups in total. The van der Waals surface area contributed by atoms with Gasteiger partial charge in [0.2, 0.25) is 5.91 Å². The van der Waals surface area contributed by atoms with Crippen LogP contribution in [-0.2, 0) is 16.0 Å². The number of methoxy groups -OCH3 is 2. The Bertz CT molecular complexity index is 473. The Morgan fingerprint density at radius 1 is 1.45 bits per heavy atom. The van der Waals surface area contributed by atoms with Crippen molar-refractivity contribution in [2.75, 3.05) is 20.8 Å². The highest BCUT2D eigenvalue weighted by Crippen LogP contribution is 2.33. The smallest absolute Gasteiger partial charge is 0.248 e. The molecule has 0 spiro atoms. The molecule has 1 aliphatic carbocycles. The van der Waals surface area contributed by atoms with Gasteiger partial charge in [-0.15, -0.1) is 0 Å². The number of amides is 1. The minimum Gasteiger partial charge on any atom is -0.497 e. The average Bonchev–Trinajstić information content (AvgIpc) is 2.50. The third kappa shape index (κ3) is 3.31. The number of ether oxygens (including phenoxy) is 2. The molecule has 0 aliphatic heterocycles. The molecule has 0 radical (unpaired) electrons. The molecule has 0 saturated heterocycles. The summed E-state index contributed by atoms with van der Waals surface area (Å²) in [6, 6.07) is 6.24. The Labute approximate surface area is 120 Å². The van der Waals surface area contributed by atoms with Crippen LogP contribution in [0.3, 0.4) is 0 Å². The van der Waals surface area contributed by atoms with E-state index in [-0.39, 0.29) is 5.91 Å². The second kappa shape index (κ2) is 6.75. The molecule has 1 aliphatic rings. The summed E-state index contributed by atoms with van der Waals surface area (Å²) in [5.41, 5.74) is 2.68. The van der Waals surface area contributed by atoms with E-state index in [1.165, 1.54) is 11.1 Å². The van der Waals surface area contributed by atoms with Crippen molar-refractivity contribution in [1.82, 2.24) is 5.32 Å². The lowest BCUT2D eigenvalue weighted by molar-refractivity contribution is -0.130. The minimum absolute atomic E-state index is 0.0480. The van der Waals surface area contributed by atoms with Crippen LogP contribution in [0.5, 0.6) is 5.75 Å². The molecule has 4 nitrogen and oxygen atoms in total. The maximum absolute atomic E-state index is 11.8. The first-order valence-electron chi connectivity index (χ1n) is 7.13. The zero-order valence-corrected chi connectivity index (χ0v) is 12.4. The minimum atomic E-state index is -0.395. The maximum Gasteiger partial charge on any atom is 0.248 e. The van der Waals surface area contributed by atoms with Crippen LogP contribution in [0.4, 0.5) is 0 Å². The highest BCUT2D eigenvalue weighted by Gasteiger charge is 2.22. The Balaban J connectivity index is 2.03. The standard InChI is InChI=1S/C16H23NO3/c1-11(19-2)16(18)17-10-13-6-4-5-12-9-14(20-3)7-8-15(12)13/h7-9,11,13H,4-6,10H2,1-3H3,(H,17,18)/t11-,13+/m1/s1. The zero-order chi connectivity index (χ0) is 14.5. The van der Waals surface area contributed by atoms with Crippen LogP contribution < -0.4 is 10.1 Å². The van der Waals surface area contributed by atoms with Crippen LogP contribution in [0, 0.1) is 0 Å². The SMILES string of the molecule is COc1ccc2c(c1)CCC[C@H]2CNC(=O)[C@@H](C)OC. The molecule has 110 valence electrons. The molecule has 0 heterocycles. The fourth-order valence-corrected chi connectivity index (χ4v) is 2.70. The van der Waals surface area contributed by atoms with E-state index in [1.807, 2.05) is 6.07 Å². The van der Waals surface area contributed by atoms with Crippen molar-refractivity contribution in [2.24, 2.45) is 0 Å². The van der Waals surface area contributed by atoms with Gasteiger partial charge in [0.05, 0.1) is 7.11 Å². The lowest BCUT2D eigenvalue weighted by Crippen LogP contribution is -2.37. The number of nitrogens with one attached hydrogen (secondary N) is 1. The third-order valence-electron chi connectivity index (χ3n) is 4.03. The number of carbonyl (C=O) groups is 1. The highest BCUT2D eigenvalue weighted by molar-refractivity contribution is 5.80. The van der Waals surface area contributed by atoms with Gasteiger partial charge in [-0.25, -0.2) is 0 Å². The van der Waals surface area contributed by atoms with Crippen molar-refractivity contribution in [1.29, 1.82) is 0 Å². The zero-order valence-electron chi connectivity index (χ0n) is 12.4. The first-order valence-corrected chi connectivity index (χ1v) is 7.13. The molecule has 4 heteroatoms. The topological polar surface area (TPSA) is 47.6 Å². The van der Waals surface area contributed by atoms with E-state index in [0.29, 0.717) is 12.5 Å². The molecular formula is C16H23NO3. The van der Waals surface area contributed by atoms with E-state index in [0.717, 1.165) is 25.0 Å². The molecule has 0 saturated carbocycles. The largest absolute Gasteiger partial charge is 0.497 e. The molecule has 1 aromatic carbocycles. The number of carbonyl (C=O) groups excluding carboxylic acids is 1. The summed E-state index contributed by atoms with van der Waals surface area (Å²) in [5.74, 6) is 1.24. The van der Waals surface area contributed by atoms with Gasteiger partial charge in [-0.3, -0.25) is 4.79 Å². The van der Waals surface area contributed by atoms with Crippen LogP contribution in [0.1, 0.15) is 36.8 Å². The predicted molar refractivity (Wildman–Crippen MR) is 78.2 cm³/mol. The molecule has 0 aromatic heterocycles. The van der Waals surface area contributed by atoms with Crippen LogP contribution in [-0.4, -0.2) is 32.8 Å². The Kier molecular flexibility index (Phi) is 5.01. The van der Waals surface area contributed by atoms with E-state index >= 15 is 0 Å². The summed E-state index contributed by atoms with van der Waals surface area (Å²) >= 11 is 0. The van der Waals surface area contributed by atoms with Gasteiger partial charge in [0.1, 0.15) is 11.9 Å². The fourth-order valence-electron chi connectivity index (χ4n) is 2.70.